The molecule has 0 radical (unpaired) electrons. The van der Waals surface area contributed by atoms with Crippen LogP contribution in [0.1, 0.15) is 37.6 Å². The minimum absolute atomic E-state index is 0.119. The van der Waals surface area contributed by atoms with Gasteiger partial charge in [0.05, 0.1) is 11.8 Å². The highest BCUT2D eigenvalue weighted by Gasteiger charge is 2.23. The van der Waals surface area contributed by atoms with E-state index >= 15 is 0 Å². The Kier molecular flexibility index (Phi) is 8.01. The molecule has 1 N–H and O–H groups in total. The van der Waals surface area contributed by atoms with Gasteiger partial charge >= 0.3 is 0 Å². The highest BCUT2D eigenvalue weighted by atomic mass is 35.5. The smallest absolute Gasteiger partial charge is 0.233 e. The van der Waals surface area contributed by atoms with Gasteiger partial charge in [0.1, 0.15) is 5.82 Å². The summed E-state index contributed by atoms with van der Waals surface area (Å²) in [7, 11) is 0. The number of piperidine rings is 1. The fraction of sp³-hybridized carbons (Fsp3) is 0.375. The average molecular weight is 488 g/mol. The number of carbonyl (C=O) groups is 1. The molecule has 0 aliphatic carbocycles. The number of rotatable bonds is 8. The van der Waals surface area contributed by atoms with E-state index in [1.54, 1.807) is 18.2 Å². The molecule has 9 heteroatoms. The molecule has 0 bridgehead atoms. The number of hydrogen-bond acceptors (Lipinski definition) is 5. The Morgan fingerprint density at radius 2 is 1.85 bits per heavy atom. The SMILES string of the molecule is CC(Sc1nnc(CN2CCCCC2)n1-c1ccc(F)cc1)C(=O)NCc1ccccc1Cl. The maximum atomic E-state index is 13.6. The van der Waals surface area contributed by atoms with Gasteiger partial charge in [0.15, 0.2) is 11.0 Å². The predicted octanol–water partition coefficient (Wildman–Crippen LogP) is 4.84. The van der Waals surface area contributed by atoms with Crippen LogP contribution in [0.5, 0.6) is 0 Å². The van der Waals surface area contributed by atoms with Crippen LogP contribution in [0, 0.1) is 5.82 Å². The maximum Gasteiger partial charge on any atom is 0.233 e. The van der Waals surface area contributed by atoms with E-state index in [0.717, 1.165) is 30.2 Å². The third kappa shape index (κ3) is 6.13. The van der Waals surface area contributed by atoms with E-state index in [2.05, 4.69) is 20.4 Å². The molecule has 0 saturated carbocycles. The van der Waals surface area contributed by atoms with Gasteiger partial charge in [-0.1, -0.05) is 48.0 Å². The Balaban J connectivity index is 1.50. The molecule has 0 spiro atoms. The second-order valence-electron chi connectivity index (χ2n) is 8.12. The summed E-state index contributed by atoms with van der Waals surface area (Å²) in [6, 6.07) is 13.7. The number of thioether (sulfide) groups is 1. The molecule has 33 heavy (non-hydrogen) atoms. The van der Waals surface area contributed by atoms with Crippen LogP contribution in [0.15, 0.2) is 53.7 Å². The molecule has 6 nitrogen and oxygen atoms in total. The maximum absolute atomic E-state index is 13.6. The van der Waals surface area contributed by atoms with Crippen molar-refractivity contribution >= 4 is 29.3 Å². The third-order valence-corrected chi connectivity index (χ3v) is 7.07. The summed E-state index contributed by atoms with van der Waals surface area (Å²) in [5, 5.41) is 12.6. The molecule has 174 valence electrons. The van der Waals surface area contributed by atoms with Crippen molar-refractivity contribution in [3.8, 4) is 5.69 Å². The van der Waals surface area contributed by atoms with Gasteiger partial charge in [-0.3, -0.25) is 14.3 Å². The van der Waals surface area contributed by atoms with Gasteiger partial charge in [0.2, 0.25) is 5.91 Å². The Labute approximate surface area is 202 Å². The van der Waals surface area contributed by atoms with Crippen LogP contribution in [0.4, 0.5) is 4.39 Å². The first-order valence-corrected chi connectivity index (χ1v) is 12.4. The van der Waals surface area contributed by atoms with Crippen molar-refractivity contribution in [1.29, 1.82) is 0 Å². The Hall–Kier alpha value is -2.42. The Bertz CT molecular complexity index is 1080. The van der Waals surface area contributed by atoms with Crippen LogP contribution < -0.4 is 5.32 Å². The molecular formula is C24H27ClFN5OS. The second-order valence-corrected chi connectivity index (χ2v) is 9.83. The number of nitrogens with zero attached hydrogens (tertiary/aromatic N) is 4. The fourth-order valence-electron chi connectivity index (χ4n) is 3.83. The number of carbonyl (C=O) groups excluding carboxylic acids is 1. The molecule has 1 amide bonds. The molecule has 1 aromatic heterocycles. The van der Waals surface area contributed by atoms with E-state index in [9.17, 15) is 9.18 Å². The van der Waals surface area contributed by atoms with Crippen LogP contribution in [0.25, 0.3) is 5.69 Å². The second kappa shape index (κ2) is 11.1. The van der Waals surface area contributed by atoms with E-state index in [1.807, 2.05) is 29.7 Å². The lowest BCUT2D eigenvalue weighted by Crippen LogP contribution is -2.31. The van der Waals surface area contributed by atoms with Crippen LogP contribution in [-0.2, 0) is 17.9 Å². The number of halogens is 2. The van der Waals surface area contributed by atoms with Crippen molar-refractivity contribution in [2.24, 2.45) is 0 Å². The zero-order valence-electron chi connectivity index (χ0n) is 18.5. The molecule has 1 aliphatic rings. The summed E-state index contributed by atoms with van der Waals surface area (Å²) in [5.74, 6) is 0.367. The van der Waals surface area contributed by atoms with Crippen molar-refractivity contribution in [3.63, 3.8) is 0 Å². The van der Waals surface area contributed by atoms with Gasteiger partial charge in [-0.05, 0) is 68.8 Å². The Morgan fingerprint density at radius 3 is 2.58 bits per heavy atom. The fourth-order valence-corrected chi connectivity index (χ4v) is 4.94. The van der Waals surface area contributed by atoms with E-state index in [0.29, 0.717) is 23.3 Å². The standard InChI is InChI=1S/C24H27ClFN5OS/c1-17(23(32)27-15-18-7-3-4-8-21(18)25)33-24-29-28-22(16-30-13-5-2-6-14-30)31(24)20-11-9-19(26)10-12-20/h3-4,7-12,17H,2,5-6,13-16H2,1H3,(H,27,32). The summed E-state index contributed by atoms with van der Waals surface area (Å²) in [4.78, 5) is 15.1. The van der Waals surface area contributed by atoms with Gasteiger partial charge in [-0.15, -0.1) is 10.2 Å². The normalized spacial score (nSPS) is 15.4. The van der Waals surface area contributed by atoms with E-state index < -0.39 is 5.25 Å². The first-order chi connectivity index (χ1) is 16.0. The van der Waals surface area contributed by atoms with Gasteiger partial charge in [0, 0.05) is 17.3 Å². The molecule has 1 unspecified atom stereocenters. The number of likely N-dealkylation sites (tertiary alicyclic amines) is 1. The molecule has 1 atom stereocenters. The van der Waals surface area contributed by atoms with Crippen molar-refractivity contribution in [3.05, 3.63) is 70.8 Å². The number of hydrogen-bond donors (Lipinski definition) is 1. The molecule has 1 aliphatic heterocycles. The summed E-state index contributed by atoms with van der Waals surface area (Å²) in [6.45, 7) is 4.91. The van der Waals surface area contributed by atoms with E-state index in [1.165, 1.54) is 43.2 Å². The summed E-state index contributed by atoms with van der Waals surface area (Å²) in [6.07, 6.45) is 3.60. The van der Waals surface area contributed by atoms with E-state index in [-0.39, 0.29) is 11.7 Å². The monoisotopic (exact) mass is 487 g/mol. The molecular weight excluding hydrogens is 461 g/mol. The highest BCUT2D eigenvalue weighted by molar-refractivity contribution is 8.00. The number of nitrogens with one attached hydrogen (secondary N) is 1. The topological polar surface area (TPSA) is 63.1 Å². The minimum atomic E-state index is -0.404. The molecule has 3 aromatic rings. The van der Waals surface area contributed by atoms with Crippen molar-refractivity contribution in [2.75, 3.05) is 13.1 Å². The first-order valence-electron chi connectivity index (χ1n) is 11.1. The molecule has 4 rings (SSSR count). The zero-order valence-corrected chi connectivity index (χ0v) is 20.1. The zero-order chi connectivity index (χ0) is 23.2. The quantitative estimate of drug-likeness (QED) is 0.460. The van der Waals surface area contributed by atoms with Crippen LogP contribution in [-0.4, -0.2) is 43.9 Å². The molecule has 2 heterocycles. The lowest BCUT2D eigenvalue weighted by atomic mass is 10.1. The summed E-state index contributed by atoms with van der Waals surface area (Å²) >= 11 is 7.52. The van der Waals surface area contributed by atoms with Gasteiger partial charge in [-0.2, -0.15) is 0 Å². The van der Waals surface area contributed by atoms with Gasteiger partial charge in [0.25, 0.3) is 0 Å². The minimum Gasteiger partial charge on any atom is -0.351 e. The summed E-state index contributed by atoms with van der Waals surface area (Å²) < 4.78 is 15.5. The lowest BCUT2D eigenvalue weighted by Gasteiger charge is -2.26. The Morgan fingerprint density at radius 1 is 1.12 bits per heavy atom. The van der Waals surface area contributed by atoms with Crippen molar-refractivity contribution in [1.82, 2.24) is 25.0 Å². The van der Waals surface area contributed by atoms with Crippen molar-refractivity contribution in [2.45, 2.75) is 49.7 Å². The van der Waals surface area contributed by atoms with E-state index in [4.69, 9.17) is 11.6 Å². The van der Waals surface area contributed by atoms with Crippen LogP contribution in [0.3, 0.4) is 0 Å². The third-order valence-electron chi connectivity index (χ3n) is 5.66. The average Bonchev–Trinajstić information content (AvgIpc) is 3.21. The van der Waals surface area contributed by atoms with Crippen LogP contribution >= 0.6 is 23.4 Å². The van der Waals surface area contributed by atoms with Crippen molar-refractivity contribution < 1.29 is 9.18 Å². The molecule has 1 fully saturated rings. The van der Waals surface area contributed by atoms with Gasteiger partial charge < -0.3 is 5.32 Å². The summed E-state index contributed by atoms with van der Waals surface area (Å²) in [5.41, 5.74) is 1.64. The lowest BCUT2D eigenvalue weighted by molar-refractivity contribution is -0.120. The number of aromatic nitrogens is 3. The highest BCUT2D eigenvalue weighted by Crippen LogP contribution is 2.27. The largest absolute Gasteiger partial charge is 0.351 e. The first kappa shape index (κ1) is 23.7. The predicted molar refractivity (Wildman–Crippen MR) is 129 cm³/mol. The van der Waals surface area contributed by atoms with Gasteiger partial charge in [-0.25, -0.2) is 4.39 Å². The molecule has 1 saturated heterocycles. The van der Waals surface area contributed by atoms with Crippen LogP contribution in [0.2, 0.25) is 5.02 Å². The number of amides is 1. The number of benzene rings is 2. The molecule has 2 aromatic carbocycles.